The first-order valence-corrected chi connectivity index (χ1v) is 7.34. The van der Waals surface area contributed by atoms with Crippen molar-refractivity contribution in [1.82, 2.24) is 0 Å². The molecule has 2 nitrogen and oxygen atoms in total. The lowest BCUT2D eigenvalue weighted by atomic mass is 10.1. The van der Waals surface area contributed by atoms with Crippen LogP contribution < -0.4 is 0 Å². The Bertz CT molecular complexity index is 440. The molecule has 14 heavy (non-hydrogen) atoms. The average Bonchev–Trinajstić information content (AvgIpc) is 2.83. The molecule has 0 aliphatic heterocycles. The van der Waals surface area contributed by atoms with Gasteiger partial charge in [-0.2, -0.15) is 0 Å². The van der Waals surface area contributed by atoms with Crippen molar-refractivity contribution < 1.29 is 8.42 Å². The van der Waals surface area contributed by atoms with Gasteiger partial charge in [0.05, 0.1) is 5.25 Å². The van der Waals surface area contributed by atoms with Crippen molar-refractivity contribution in [2.75, 3.05) is 0 Å². The molecule has 0 heterocycles. The second-order valence-electron chi connectivity index (χ2n) is 3.41. The van der Waals surface area contributed by atoms with Crippen LogP contribution in [0, 0.1) is 0 Å². The Morgan fingerprint density at radius 1 is 1.29 bits per heavy atom. The van der Waals surface area contributed by atoms with E-state index in [2.05, 4.69) is 15.9 Å². The number of hydrogen-bond donors (Lipinski definition) is 0. The molecule has 0 saturated heterocycles. The van der Waals surface area contributed by atoms with Crippen molar-refractivity contribution in [2.24, 2.45) is 0 Å². The molecule has 76 valence electrons. The molecule has 1 aromatic rings. The fraction of sp³-hybridized carbons (Fsp3) is 0.333. The van der Waals surface area contributed by atoms with Gasteiger partial charge in [-0.3, -0.25) is 0 Å². The Labute approximate surface area is 95.8 Å². The molecule has 0 bridgehead atoms. The third-order valence-electron chi connectivity index (χ3n) is 2.39. The summed E-state index contributed by atoms with van der Waals surface area (Å²) in [6.45, 7) is 0. The highest BCUT2D eigenvalue weighted by Crippen LogP contribution is 2.47. The highest BCUT2D eigenvalue weighted by Gasteiger charge is 2.47. The Morgan fingerprint density at radius 3 is 2.29 bits per heavy atom. The summed E-state index contributed by atoms with van der Waals surface area (Å²) in [6, 6.07) is 7.67. The van der Waals surface area contributed by atoms with Crippen LogP contribution in [0.3, 0.4) is 0 Å². The molecule has 0 N–H and O–H groups in total. The van der Waals surface area contributed by atoms with E-state index in [4.69, 9.17) is 10.7 Å². The molecule has 1 fully saturated rings. The predicted octanol–water partition coefficient (Wildman–Crippen LogP) is 2.87. The van der Waals surface area contributed by atoms with Gasteiger partial charge in [0.25, 0.3) is 0 Å². The molecule has 0 aromatic heterocycles. The minimum absolute atomic E-state index is 0.0885. The van der Waals surface area contributed by atoms with Crippen LogP contribution in [0.5, 0.6) is 0 Å². The van der Waals surface area contributed by atoms with E-state index in [0.29, 0.717) is 6.42 Å². The van der Waals surface area contributed by atoms with Gasteiger partial charge in [0.15, 0.2) is 0 Å². The molecule has 1 aliphatic rings. The topological polar surface area (TPSA) is 34.1 Å². The summed E-state index contributed by atoms with van der Waals surface area (Å²) in [5, 5.41) is -0.384. The fourth-order valence-electron chi connectivity index (χ4n) is 1.54. The molecule has 1 aromatic carbocycles. The molecule has 5 heteroatoms. The van der Waals surface area contributed by atoms with Crippen LogP contribution >= 0.6 is 26.6 Å². The van der Waals surface area contributed by atoms with E-state index in [9.17, 15) is 8.42 Å². The van der Waals surface area contributed by atoms with Gasteiger partial charge in [-0.1, -0.05) is 28.1 Å². The quantitative estimate of drug-likeness (QED) is 0.786. The average molecular weight is 296 g/mol. The number of rotatable bonds is 2. The van der Waals surface area contributed by atoms with Gasteiger partial charge in [0, 0.05) is 21.1 Å². The molecule has 0 radical (unpaired) electrons. The van der Waals surface area contributed by atoms with E-state index < -0.39 is 9.05 Å². The third kappa shape index (κ3) is 2.12. The molecule has 1 aliphatic carbocycles. The molecule has 0 unspecified atom stereocenters. The van der Waals surface area contributed by atoms with Crippen LogP contribution in [0.4, 0.5) is 0 Å². The van der Waals surface area contributed by atoms with E-state index in [1.807, 2.05) is 24.3 Å². The van der Waals surface area contributed by atoms with Crippen LogP contribution in [0.1, 0.15) is 17.9 Å². The summed E-state index contributed by atoms with van der Waals surface area (Å²) in [7, 11) is 1.89. The maximum absolute atomic E-state index is 11.0. The third-order valence-corrected chi connectivity index (χ3v) is 4.85. The summed E-state index contributed by atoms with van der Waals surface area (Å²) in [4.78, 5) is 0. The highest BCUT2D eigenvalue weighted by atomic mass is 79.9. The zero-order valence-electron chi connectivity index (χ0n) is 7.15. The fourth-order valence-corrected chi connectivity index (χ4v) is 3.39. The van der Waals surface area contributed by atoms with Gasteiger partial charge in [-0.05, 0) is 24.1 Å². The molecule has 2 atom stereocenters. The smallest absolute Gasteiger partial charge is 0.212 e. The number of halogens is 2. The lowest BCUT2D eigenvalue weighted by Gasteiger charge is -1.98. The van der Waals surface area contributed by atoms with E-state index in [1.54, 1.807) is 0 Å². The predicted molar refractivity (Wildman–Crippen MR) is 60.1 cm³/mol. The summed E-state index contributed by atoms with van der Waals surface area (Å²) in [5.74, 6) is 0.0885. The maximum Gasteiger partial charge on any atom is 0.236 e. The number of benzene rings is 1. The second kappa shape index (κ2) is 3.51. The normalized spacial score (nSPS) is 26.1. The Kier molecular flexibility index (Phi) is 2.62. The van der Waals surface area contributed by atoms with Gasteiger partial charge in [0.1, 0.15) is 0 Å². The van der Waals surface area contributed by atoms with Crippen LogP contribution in [0.15, 0.2) is 28.7 Å². The zero-order chi connectivity index (χ0) is 10.3. The van der Waals surface area contributed by atoms with Crippen LogP contribution in [0.25, 0.3) is 0 Å². The summed E-state index contributed by atoms with van der Waals surface area (Å²) < 4.78 is 23.0. The largest absolute Gasteiger partial charge is 0.236 e. The van der Waals surface area contributed by atoms with Crippen molar-refractivity contribution in [3.8, 4) is 0 Å². The Hall–Kier alpha value is -0.0600. The van der Waals surface area contributed by atoms with Crippen molar-refractivity contribution in [3.63, 3.8) is 0 Å². The molecule has 1 saturated carbocycles. The second-order valence-corrected chi connectivity index (χ2v) is 7.17. The van der Waals surface area contributed by atoms with Gasteiger partial charge in [-0.25, -0.2) is 8.42 Å². The first-order valence-electron chi connectivity index (χ1n) is 4.17. The van der Waals surface area contributed by atoms with Crippen molar-refractivity contribution in [2.45, 2.75) is 17.6 Å². The first-order chi connectivity index (χ1) is 6.48. The summed E-state index contributed by atoms with van der Waals surface area (Å²) in [6.07, 6.45) is 0.646. The monoisotopic (exact) mass is 294 g/mol. The summed E-state index contributed by atoms with van der Waals surface area (Å²) >= 11 is 3.33. The van der Waals surface area contributed by atoms with Gasteiger partial charge in [0.2, 0.25) is 9.05 Å². The Balaban J connectivity index is 2.18. The molecule has 0 spiro atoms. The van der Waals surface area contributed by atoms with Crippen LogP contribution in [0.2, 0.25) is 0 Å². The van der Waals surface area contributed by atoms with E-state index in [0.717, 1.165) is 10.0 Å². The SMILES string of the molecule is O=S(=O)(Cl)[C@H]1C[C@@H]1c1ccc(Br)cc1. The summed E-state index contributed by atoms with van der Waals surface area (Å²) in [5.41, 5.74) is 1.04. The maximum atomic E-state index is 11.0. The van der Waals surface area contributed by atoms with Gasteiger partial charge in [-0.15, -0.1) is 0 Å². The zero-order valence-corrected chi connectivity index (χ0v) is 10.3. The first kappa shape index (κ1) is 10.5. The minimum atomic E-state index is -3.38. The van der Waals surface area contributed by atoms with E-state index in [-0.39, 0.29) is 11.2 Å². The lowest BCUT2D eigenvalue weighted by Crippen LogP contribution is -1.99. The minimum Gasteiger partial charge on any atom is -0.212 e. The molecular weight excluding hydrogens is 288 g/mol. The highest BCUT2D eigenvalue weighted by molar-refractivity contribution is 9.10. The molecule has 0 amide bonds. The number of hydrogen-bond acceptors (Lipinski definition) is 2. The van der Waals surface area contributed by atoms with Crippen molar-refractivity contribution in [1.29, 1.82) is 0 Å². The molecular formula is C9H8BrClO2S. The van der Waals surface area contributed by atoms with Crippen LogP contribution in [-0.4, -0.2) is 13.7 Å². The van der Waals surface area contributed by atoms with Gasteiger partial charge < -0.3 is 0 Å². The van der Waals surface area contributed by atoms with Gasteiger partial charge >= 0.3 is 0 Å². The van der Waals surface area contributed by atoms with Crippen molar-refractivity contribution >= 4 is 35.7 Å². The lowest BCUT2D eigenvalue weighted by molar-refractivity contribution is 0.607. The molecule has 2 rings (SSSR count). The van der Waals surface area contributed by atoms with E-state index in [1.165, 1.54) is 0 Å². The van der Waals surface area contributed by atoms with E-state index >= 15 is 0 Å². The van der Waals surface area contributed by atoms with Crippen LogP contribution in [-0.2, 0) is 9.05 Å². The standard InChI is InChI=1S/C9H8BrClO2S/c10-7-3-1-6(2-4-7)8-5-9(8)14(11,12)13/h1-4,8-9H,5H2/t8-,9+/m1/s1. The Morgan fingerprint density at radius 2 is 1.86 bits per heavy atom. The van der Waals surface area contributed by atoms with Crippen molar-refractivity contribution in [3.05, 3.63) is 34.3 Å².